The molecule has 1 aliphatic heterocycles. The van der Waals surface area contributed by atoms with Crippen LogP contribution >= 0.6 is 0 Å². The molecule has 0 aromatic heterocycles. The van der Waals surface area contributed by atoms with Gasteiger partial charge in [-0.05, 0) is 45.3 Å². The molecule has 3 heteroatoms. The maximum Gasteiger partial charge on any atom is 0.143 e. The molecule has 116 valence electrons. The van der Waals surface area contributed by atoms with Gasteiger partial charge in [0.1, 0.15) is 11.6 Å². The van der Waals surface area contributed by atoms with Crippen molar-refractivity contribution in [1.29, 1.82) is 0 Å². The van der Waals surface area contributed by atoms with Gasteiger partial charge >= 0.3 is 0 Å². The van der Waals surface area contributed by atoms with Crippen molar-refractivity contribution in [2.75, 3.05) is 19.6 Å². The van der Waals surface area contributed by atoms with Gasteiger partial charge in [0.15, 0.2) is 0 Å². The summed E-state index contributed by atoms with van der Waals surface area (Å²) in [5.74, 6) is 0.427. The Bertz CT molecular complexity index is 459. The Hall–Kier alpha value is -1.48. The second-order valence-corrected chi connectivity index (χ2v) is 5.48. The van der Waals surface area contributed by atoms with Crippen LogP contribution in [0, 0.1) is 0 Å². The molecule has 1 heterocycles. The Morgan fingerprint density at radius 1 is 1.05 bits per heavy atom. The van der Waals surface area contributed by atoms with Gasteiger partial charge in [0.05, 0.1) is 12.0 Å². The highest BCUT2D eigenvalue weighted by Gasteiger charge is 2.40. The zero-order valence-corrected chi connectivity index (χ0v) is 13.7. The molecule has 1 aromatic carbocycles. The molecule has 0 aliphatic carbocycles. The summed E-state index contributed by atoms with van der Waals surface area (Å²) in [6, 6.07) is 10.0. The van der Waals surface area contributed by atoms with Gasteiger partial charge in [-0.3, -0.25) is 14.5 Å². The van der Waals surface area contributed by atoms with E-state index in [-0.39, 0.29) is 17.0 Å². The van der Waals surface area contributed by atoms with E-state index in [2.05, 4.69) is 4.90 Å². The van der Waals surface area contributed by atoms with Gasteiger partial charge in [0.25, 0.3) is 0 Å². The predicted octanol–water partition coefficient (Wildman–Crippen LogP) is 3.22. The van der Waals surface area contributed by atoms with E-state index in [0.717, 1.165) is 31.5 Å². The number of rotatable bonds is 4. The van der Waals surface area contributed by atoms with Crippen molar-refractivity contribution >= 4 is 11.6 Å². The molecule has 1 saturated heterocycles. The number of Topliss-reactive ketones (excluding diaryl/α,β-unsaturated/α-hetero) is 2. The second-order valence-electron chi connectivity index (χ2n) is 5.48. The third kappa shape index (κ3) is 4.24. The molecule has 21 heavy (non-hydrogen) atoms. The lowest BCUT2D eigenvalue weighted by Gasteiger charge is -2.40. The summed E-state index contributed by atoms with van der Waals surface area (Å²) in [4.78, 5) is 25.5. The standard InChI is InChI=1S/C16H21NO2.C2H6/c1-13(18)12-17-10-8-16(9-11-17,14(2)19)15-6-4-3-5-7-15;1-2/h3-7H,8-12H2,1-2H3;1-2H3. The molecule has 2 rings (SSSR count). The number of hydrogen-bond acceptors (Lipinski definition) is 3. The van der Waals surface area contributed by atoms with E-state index >= 15 is 0 Å². The third-order valence-corrected chi connectivity index (χ3v) is 4.16. The Morgan fingerprint density at radius 2 is 1.57 bits per heavy atom. The first kappa shape index (κ1) is 17.6. The highest BCUT2D eigenvalue weighted by Crippen LogP contribution is 2.36. The highest BCUT2D eigenvalue weighted by atomic mass is 16.1. The normalized spacial score (nSPS) is 17.5. The van der Waals surface area contributed by atoms with Crippen LogP contribution in [0.4, 0.5) is 0 Å². The number of piperidine rings is 1. The van der Waals surface area contributed by atoms with E-state index in [1.165, 1.54) is 0 Å². The number of carbonyl (C=O) groups is 2. The number of nitrogens with zero attached hydrogens (tertiary/aromatic N) is 1. The van der Waals surface area contributed by atoms with Crippen LogP contribution < -0.4 is 0 Å². The quantitative estimate of drug-likeness (QED) is 0.854. The van der Waals surface area contributed by atoms with Crippen molar-refractivity contribution in [1.82, 2.24) is 4.90 Å². The fourth-order valence-electron chi connectivity index (χ4n) is 3.01. The first-order chi connectivity index (χ1) is 10.0. The Morgan fingerprint density at radius 3 is 2.00 bits per heavy atom. The Labute approximate surface area is 128 Å². The van der Waals surface area contributed by atoms with Crippen molar-refractivity contribution in [2.45, 2.75) is 46.0 Å². The molecule has 1 fully saturated rings. The Balaban J connectivity index is 0.00000106. The average Bonchev–Trinajstić information content (AvgIpc) is 2.50. The average molecular weight is 289 g/mol. The van der Waals surface area contributed by atoms with Crippen molar-refractivity contribution in [3.05, 3.63) is 35.9 Å². The molecule has 0 atom stereocenters. The molecule has 0 radical (unpaired) electrons. The fraction of sp³-hybridized carbons (Fsp3) is 0.556. The first-order valence-electron chi connectivity index (χ1n) is 7.83. The number of carbonyl (C=O) groups excluding carboxylic acids is 2. The summed E-state index contributed by atoms with van der Waals surface area (Å²) in [6.45, 7) is 9.43. The van der Waals surface area contributed by atoms with Gasteiger partial charge < -0.3 is 0 Å². The van der Waals surface area contributed by atoms with Gasteiger partial charge in [0.2, 0.25) is 0 Å². The summed E-state index contributed by atoms with van der Waals surface area (Å²) in [6.07, 6.45) is 1.61. The predicted molar refractivity (Wildman–Crippen MR) is 86.5 cm³/mol. The van der Waals surface area contributed by atoms with Crippen LogP contribution in [0.1, 0.15) is 46.1 Å². The zero-order valence-electron chi connectivity index (χ0n) is 13.7. The monoisotopic (exact) mass is 289 g/mol. The van der Waals surface area contributed by atoms with Gasteiger partial charge in [-0.15, -0.1) is 0 Å². The SMILES string of the molecule is CC.CC(=O)CN1CCC(C(C)=O)(c2ccccc2)CC1. The summed E-state index contributed by atoms with van der Waals surface area (Å²) >= 11 is 0. The van der Waals surface area contributed by atoms with Crippen LogP contribution in [0.25, 0.3) is 0 Å². The molecule has 0 saturated carbocycles. The summed E-state index contributed by atoms with van der Waals surface area (Å²) < 4.78 is 0. The smallest absolute Gasteiger partial charge is 0.143 e. The van der Waals surface area contributed by atoms with E-state index in [0.29, 0.717) is 6.54 Å². The number of benzene rings is 1. The lowest BCUT2D eigenvalue weighted by Crippen LogP contribution is -2.47. The second kappa shape index (κ2) is 8.08. The lowest BCUT2D eigenvalue weighted by atomic mass is 9.70. The number of ketones is 2. The molecule has 1 aromatic rings. The molecule has 0 amide bonds. The zero-order chi connectivity index (χ0) is 15.9. The lowest BCUT2D eigenvalue weighted by molar-refractivity contribution is -0.124. The Kier molecular flexibility index (Phi) is 6.76. The summed E-state index contributed by atoms with van der Waals surface area (Å²) in [7, 11) is 0. The molecular weight excluding hydrogens is 262 g/mol. The van der Waals surface area contributed by atoms with E-state index in [1.807, 2.05) is 44.2 Å². The van der Waals surface area contributed by atoms with Crippen LogP contribution in [0.5, 0.6) is 0 Å². The molecule has 0 unspecified atom stereocenters. The van der Waals surface area contributed by atoms with Gasteiger partial charge in [-0.2, -0.15) is 0 Å². The van der Waals surface area contributed by atoms with Crippen molar-refractivity contribution < 1.29 is 9.59 Å². The summed E-state index contributed by atoms with van der Waals surface area (Å²) in [5, 5.41) is 0. The van der Waals surface area contributed by atoms with Gasteiger partial charge in [-0.25, -0.2) is 0 Å². The number of likely N-dealkylation sites (tertiary alicyclic amines) is 1. The molecule has 0 spiro atoms. The molecule has 3 nitrogen and oxygen atoms in total. The van der Waals surface area contributed by atoms with Gasteiger partial charge in [-0.1, -0.05) is 44.2 Å². The van der Waals surface area contributed by atoms with E-state index in [4.69, 9.17) is 0 Å². The van der Waals surface area contributed by atoms with E-state index in [9.17, 15) is 9.59 Å². The molecule has 0 N–H and O–H groups in total. The maximum absolute atomic E-state index is 12.2. The number of hydrogen-bond donors (Lipinski definition) is 0. The van der Waals surface area contributed by atoms with E-state index < -0.39 is 0 Å². The summed E-state index contributed by atoms with van der Waals surface area (Å²) in [5.41, 5.74) is 0.763. The topological polar surface area (TPSA) is 37.4 Å². The van der Waals surface area contributed by atoms with Crippen LogP contribution in [0.2, 0.25) is 0 Å². The largest absolute Gasteiger partial charge is 0.299 e. The highest BCUT2D eigenvalue weighted by molar-refractivity contribution is 5.88. The maximum atomic E-state index is 12.2. The fourth-order valence-corrected chi connectivity index (χ4v) is 3.01. The van der Waals surface area contributed by atoms with Crippen LogP contribution in [-0.2, 0) is 15.0 Å². The van der Waals surface area contributed by atoms with Crippen LogP contribution in [0.15, 0.2) is 30.3 Å². The first-order valence-corrected chi connectivity index (χ1v) is 7.83. The molecule has 0 bridgehead atoms. The minimum Gasteiger partial charge on any atom is -0.299 e. The van der Waals surface area contributed by atoms with Crippen molar-refractivity contribution in [3.8, 4) is 0 Å². The minimum atomic E-state index is -0.353. The van der Waals surface area contributed by atoms with Crippen molar-refractivity contribution in [2.24, 2.45) is 0 Å². The van der Waals surface area contributed by atoms with Crippen LogP contribution in [-0.4, -0.2) is 36.1 Å². The molecular formula is C18H27NO2. The minimum absolute atomic E-state index is 0.190. The van der Waals surface area contributed by atoms with Crippen molar-refractivity contribution in [3.63, 3.8) is 0 Å². The van der Waals surface area contributed by atoms with E-state index in [1.54, 1.807) is 13.8 Å². The van der Waals surface area contributed by atoms with Gasteiger partial charge in [0, 0.05) is 0 Å². The third-order valence-electron chi connectivity index (χ3n) is 4.16. The molecule has 1 aliphatic rings. The van der Waals surface area contributed by atoms with Crippen LogP contribution in [0.3, 0.4) is 0 Å².